The monoisotopic (exact) mass is 212 g/mol. The van der Waals surface area contributed by atoms with Crippen molar-refractivity contribution in [1.82, 2.24) is 5.32 Å². The summed E-state index contributed by atoms with van der Waals surface area (Å²) in [6.45, 7) is 1.35. The summed E-state index contributed by atoms with van der Waals surface area (Å²) in [5.74, 6) is -1.19. The zero-order chi connectivity index (χ0) is 11.4. The highest BCUT2D eigenvalue weighted by Gasteiger charge is 2.34. The van der Waals surface area contributed by atoms with E-state index in [0.29, 0.717) is 0 Å². The van der Waals surface area contributed by atoms with Gasteiger partial charge in [0.25, 0.3) is 5.91 Å². The van der Waals surface area contributed by atoms with Gasteiger partial charge in [0.05, 0.1) is 6.42 Å². The van der Waals surface area contributed by atoms with E-state index in [2.05, 4.69) is 9.47 Å². The highest BCUT2D eigenvalue weighted by Crippen LogP contribution is 2.08. The Hall–Kier alpha value is -2.10. The van der Waals surface area contributed by atoms with Gasteiger partial charge >= 0.3 is 6.16 Å². The second-order valence-electron chi connectivity index (χ2n) is 2.86. The van der Waals surface area contributed by atoms with Crippen LogP contribution in [0.3, 0.4) is 0 Å². The molecule has 1 fully saturated rings. The number of hydrogen-bond donors (Lipinski definition) is 1. The maximum absolute atomic E-state index is 10.9. The first kappa shape index (κ1) is 11.0. The van der Waals surface area contributed by atoms with Crippen LogP contribution in [0.4, 0.5) is 4.79 Å². The molecule has 2 unspecified atom stereocenters. The number of nitriles is 1. The Morgan fingerprint density at radius 3 is 2.80 bits per heavy atom. The second kappa shape index (κ2) is 4.41. The van der Waals surface area contributed by atoms with Gasteiger partial charge in [-0.05, 0) is 6.92 Å². The fourth-order valence-corrected chi connectivity index (χ4v) is 0.940. The normalized spacial score (nSPS) is 21.5. The van der Waals surface area contributed by atoms with Crippen molar-refractivity contribution in [2.75, 3.05) is 0 Å². The van der Waals surface area contributed by atoms with E-state index >= 15 is 0 Å². The van der Waals surface area contributed by atoms with Crippen LogP contribution in [0.2, 0.25) is 0 Å². The minimum atomic E-state index is -1.16. The summed E-state index contributed by atoms with van der Waals surface area (Å²) in [6, 6.07) is 1.65. The quantitative estimate of drug-likeness (QED) is 0.487. The standard InChI is InChI=1S/C8H8N2O5/c1-4(3-9)14-8(13)15-5-2-6(11)10-7(5)12/h4-5H,2H2,1H3,(H,10,11,12). The van der Waals surface area contributed by atoms with E-state index in [4.69, 9.17) is 5.26 Å². The SMILES string of the molecule is CC(C#N)OC(=O)OC1CC(=O)NC1=O. The molecule has 1 aliphatic heterocycles. The summed E-state index contributed by atoms with van der Waals surface area (Å²) in [7, 11) is 0. The molecule has 1 rings (SSSR count). The molecule has 15 heavy (non-hydrogen) atoms. The molecule has 7 nitrogen and oxygen atoms in total. The van der Waals surface area contributed by atoms with Gasteiger partial charge in [-0.3, -0.25) is 14.9 Å². The number of amides is 2. The van der Waals surface area contributed by atoms with Gasteiger partial charge in [0.2, 0.25) is 5.91 Å². The van der Waals surface area contributed by atoms with Crippen molar-refractivity contribution in [2.24, 2.45) is 0 Å². The van der Waals surface area contributed by atoms with Crippen molar-refractivity contribution in [3.63, 3.8) is 0 Å². The number of rotatable bonds is 2. The van der Waals surface area contributed by atoms with Crippen molar-refractivity contribution < 1.29 is 23.9 Å². The lowest BCUT2D eigenvalue weighted by atomic mass is 10.3. The van der Waals surface area contributed by atoms with Crippen LogP contribution in [-0.2, 0) is 19.1 Å². The van der Waals surface area contributed by atoms with Gasteiger partial charge in [-0.2, -0.15) is 5.26 Å². The lowest BCUT2D eigenvalue weighted by molar-refractivity contribution is -0.128. The Morgan fingerprint density at radius 1 is 1.67 bits per heavy atom. The molecule has 7 heteroatoms. The number of nitrogens with one attached hydrogen (secondary N) is 1. The van der Waals surface area contributed by atoms with E-state index < -0.39 is 30.2 Å². The molecule has 0 aromatic rings. The number of carbonyl (C=O) groups excluding carboxylic acids is 3. The van der Waals surface area contributed by atoms with Crippen LogP contribution < -0.4 is 5.32 Å². The van der Waals surface area contributed by atoms with Gasteiger partial charge in [0.1, 0.15) is 6.07 Å². The first-order valence-corrected chi connectivity index (χ1v) is 4.13. The first-order chi connectivity index (χ1) is 7.02. The molecular formula is C8H8N2O5. The molecule has 0 aromatic carbocycles. The summed E-state index contributed by atoms with van der Waals surface area (Å²) < 4.78 is 8.95. The van der Waals surface area contributed by atoms with E-state index in [9.17, 15) is 14.4 Å². The fraction of sp³-hybridized carbons (Fsp3) is 0.500. The molecule has 0 aliphatic carbocycles. The second-order valence-corrected chi connectivity index (χ2v) is 2.86. The predicted molar refractivity (Wildman–Crippen MR) is 44.2 cm³/mol. The third-order valence-electron chi connectivity index (χ3n) is 1.62. The van der Waals surface area contributed by atoms with Gasteiger partial charge in [-0.15, -0.1) is 0 Å². The molecule has 2 atom stereocenters. The van der Waals surface area contributed by atoms with Crippen molar-refractivity contribution in [3.05, 3.63) is 0 Å². The van der Waals surface area contributed by atoms with Crippen LogP contribution in [0, 0.1) is 11.3 Å². The van der Waals surface area contributed by atoms with Crippen LogP contribution in [0.25, 0.3) is 0 Å². The zero-order valence-corrected chi connectivity index (χ0v) is 7.85. The predicted octanol–water partition coefficient (Wildman–Crippen LogP) is -0.533. The summed E-state index contributed by atoms with van der Waals surface area (Å²) >= 11 is 0. The Morgan fingerprint density at radius 2 is 2.33 bits per heavy atom. The lowest BCUT2D eigenvalue weighted by Crippen LogP contribution is -2.29. The number of hydrogen-bond acceptors (Lipinski definition) is 6. The van der Waals surface area contributed by atoms with Crippen LogP contribution in [0.1, 0.15) is 13.3 Å². The highest BCUT2D eigenvalue weighted by atomic mass is 16.7. The van der Waals surface area contributed by atoms with Gasteiger partial charge in [0, 0.05) is 0 Å². The smallest absolute Gasteiger partial charge is 0.420 e. The van der Waals surface area contributed by atoms with E-state index in [1.807, 2.05) is 5.32 Å². The molecule has 1 saturated heterocycles. The average molecular weight is 212 g/mol. The fourth-order valence-electron chi connectivity index (χ4n) is 0.940. The average Bonchev–Trinajstić information content (AvgIpc) is 2.44. The molecule has 0 radical (unpaired) electrons. The molecule has 0 bridgehead atoms. The third-order valence-corrected chi connectivity index (χ3v) is 1.62. The van der Waals surface area contributed by atoms with Gasteiger partial charge in [-0.25, -0.2) is 4.79 Å². The summed E-state index contributed by atoms with van der Waals surface area (Å²) in [6.07, 6.45) is -3.47. The first-order valence-electron chi connectivity index (χ1n) is 4.13. The van der Waals surface area contributed by atoms with E-state index in [0.717, 1.165) is 0 Å². The Labute approximate surface area is 84.9 Å². The molecule has 2 amide bonds. The van der Waals surface area contributed by atoms with Crippen LogP contribution in [0.5, 0.6) is 0 Å². The van der Waals surface area contributed by atoms with Crippen LogP contribution in [-0.4, -0.2) is 30.2 Å². The van der Waals surface area contributed by atoms with E-state index in [1.165, 1.54) is 6.92 Å². The zero-order valence-electron chi connectivity index (χ0n) is 7.85. The minimum Gasteiger partial charge on any atom is -0.420 e. The minimum absolute atomic E-state index is 0.213. The van der Waals surface area contributed by atoms with Crippen molar-refractivity contribution in [2.45, 2.75) is 25.6 Å². The van der Waals surface area contributed by atoms with Crippen molar-refractivity contribution in [1.29, 1.82) is 5.26 Å². The summed E-state index contributed by atoms with van der Waals surface area (Å²) in [4.78, 5) is 32.6. The Balaban J connectivity index is 2.42. The summed E-state index contributed by atoms with van der Waals surface area (Å²) in [5.41, 5.74) is 0. The molecule has 1 aliphatic rings. The molecule has 0 aromatic heterocycles. The van der Waals surface area contributed by atoms with Gasteiger partial charge in [-0.1, -0.05) is 0 Å². The molecule has 0 saturated carbocycles. The molecule has 1 heterocycles. The molecule has 0 spiro atoms. The molecule has 80 valence electrons. The summed E-state index contributed by atoms with van der Waals surface area (Å²) in [5, 5.41) is 10.3. The number of nitrogens with zero attached hydrogens (tertiary/aromatic N) is 1. The van der Waals surface area contributed by atoms with Gasteiger partial charge in [0.15, 0.2) is 12.2 Å². The largest absolute Gasteiger partial charge is 0.510 e. The maximum atomic E-state index is 10.9. The third kappa shape index (κ3) is 2.95. The topological polar surface area (TPSA) is 105 Å². The lowest BCUT2D eigenvalue weighted by Gasteiger charge is -2.09. The van der Waals surface area contributed by atoms with Crippen molar-refractivity contribution >= 4 is 18.0 Å². The van der Waals surface area contributed by atoms with Crippen LogP contribution in [0.15, 0.2) is 0 Å². The molecule has 1 N–H and O–H groups in total. The highest BCUT2D eigenvalue weighted by molar-refractivity contribution is 6.05. The van der Waals surface area contributed by atoms with Crippen molar-refractivity contribution in [3.8, 4) is 6.07 Å². The number of carbonyl (C=O) groups is 3. The number of imide groups is 1. The van der Waals surface area contributed by atoms with E-state index in [-0.39, 0.29) is 6.42 Å². The van der Waals surface area contributed by atoms with E-state index in [1.54, 1.807) is 6.07 Å². The Kier molecular flexibility index (Phi) is 3.23. The number of ether oxygens (including phenoxy) is 2. The molecular weight excluding hydrogens is 204 g/mol. The maximum Gasteiger partial charge on any atom is 0.510 e. The van der Waals surface area contributed by atoms with Crippen LogP contribution >= 0.6 is 0 Å². The Bertz CT molecular complexity index is 345. The van der Waals surface area contributed by atoms with Gasteiger partial charge < -0.3 is 9.47 Å².